The second kappa shape index (κ2) is 5.69. The molecule has 0 bridgehead atoms. The highest BCUT2D eigenvalue weighted by atomic mass is 19.1. The van der Waals surface area contributed by atoms with Crippen molar-refractivity contribution in [1.29, 1.82) is 0 Å². The Balaban J connectivity index is 2.16. The predicted octanol–water partition coefficient (Wildman–Crippen LogP) is 0.782. The van der Waals surface area contributed by atoms with Gasteiger partial charge in [-0.2, -0.15) is 0 Å². The number of hydrogen-bond acceptors (Lipinski definition) is 3. The Labute approximate surface area is 111 Å². The van der Waals surface area contributed by atoms with Crippen LogP contribution in [-0.4, -0.2) is 55.3 Å². The van der Waals surface area contributed by atoms with Crippen LogP contribution >= 0.6 is 0 Å². The van der Waals surface area contributed by atoms with Gasteiger partial charge < -0.3 is 15.1 Å². The molecule has 102 valence electrons. The van der Waals surface area contributed by atoms with Gasteiger partial charge in [-0.15, -0.1) is 0 Å². The second-order valence-electron chi connectivity index (χ2n) is 4.37. The Kier molecular flexibility index (Phi) is 3.99. The minimum absolute atomic E-state index is 0.214. The summed E-state index contributed by atoms with van der Waals surface area (Å²) in [6, 6.07) is 4.09. The van der Waals surface area contributed by atoms with Gasteiger partial charge in [0.05, 0.1) is 5.56 Å². The molecule has 1 fully saturated rings. The Morgan fingerprint density at radius 3 is 2.58 bits per heavy atom. The van der Waals surface area contributed by atoms with Crippen molar-refractivity contribution < 1.29 is 14.0 Å². The van der Waals surface area contributed by atoms with Gasteiger partial charge in [-0.1, -0.05) is 0 Å². The number of rotatable bonds is 3. The lowest BCUT2D eigenvalue weighted by Gasteiger charge is -2.32. The first-order valence-electron chi connectivity index (χ1n) is 6.11. The summed E-state index contributed by atoms with van der Waals surface area (Å²) in [5.74, 6) is -0.650. The predicted molar refractivity (Wildman–Crippen MR) is 69.5 cm³/mol. The van der Waals surface area contributed by atoms with Gasteiger partial charge in [0.1, 0.15) is 5.82 Å². The monoisotopic (exact) mass is 265 g/mol. The van der Waals surface area contributed by atoms with E-state index in [0.29, 0.717) is 37.4 Å². The summed E-state index contributed by atoms with van der Waals surface area (Å²) in [6.07, 6.45) is 0.781. The topological polar surface area (TPSA) is 52.7 Å². The lowest BCUT2D eigenvalue weighted by atomic mass is 10.1. The molecule has 5 nitrogen and oxygen atoms in total. The molecule has 1 saturated heterocycles. The number of halogens is 1. The van der Waals surface area contributed by atoms with E-state index >= 15 is 0 Å². The van der Waals surface area contributed by atoms with Crippen LogP contribution in [0.25, 0.3) is 0 Å². The molecular weight excluding hydrogens is 249 g/mol. The fourth-order valence-electron chi connectivity index (χ4n) is 2.11. The van der Waals surface area contributed by atoms with E-state index in [-0.39, 0.29) is 5.91 Å². The van der Waals surface area contributed by atoms with Crippen LogP contribution < -0.4 is 5.32 Å². The molecule has 0 atom stereocenters. The van der Waals surface area contributed by atoms with E-state index < -0.39 is 5.82 Å². The van der Waals surface area contributed by atoms with E-state index in [1.165, 1.54) is 12.1 Å². The lowest BCUT2D eigenvalue weighted by molar-refractivity contribution is -0.119. The normalized spacial score (nSPS) is 15.3. The number of piperazine rings is 1. The smallest absolute Gasteiger partial charge is 0.256 e. The molecule has 0 unspecified atom stereocenters. The van der Waals surface area contributed by atoms with Crippen LogP contribution in [0.2, 0.25) is 0 Å². The molecule has 0 spiro atoms. The number of hydrogen-bond donors (Lipinski definition) is 1. The number of carbonyl (C=O) groups is 2. The second-order valence-corrected chi connectivity index (χ2v) is 4.37. The molecule has 0 radical (unpaired) electrons. The molecule has 1 aromatic carbocycles. The highest BCUT2D eigenvalue weighted by molar-refractivity contribution is 5.99. The number of nitrogens with one attached hydrogen (secondary N) is 1. The third-order valence-corrected chi connectivity index (χ3v) is 3.23. The van der Waals surface area contributed by atoms with Crippen LogP contribution in [0.3, 0.4) is 0 Å². The minimum atomic E-state index is -0.436. The van der Waals surface area contributed by atoms with Crippen molar-refractivity contribution in [3.05, 3.63) is 29.6 Å². The van der Waals surface area contributed by atoms with Gasteiger partial charge in [0.25, 0.3) is 5.91 Å². The maximum atomic E-state index is 13.3. The average Bonchev–Trinajstić information content (AvgIpc) is 2.46. The Morgan fingerprint density at radius 2 is 2.00 bits per heavy atom. The summed E-state index contributed by atoms with van der Waals surface area (Å²) in [7, 11) is 1.69. The summed E-state index contributed by atoms with van der Waals surface area (Å²) in [5.41, 5.74) is 0.922. The summed E-state index contributed by atoms with van der Waals surface area (Å²) in [6.45, 7) is 1.97. The zero-order valence-electron chi connectivity index (χ0n) is 10.7. The van der Waals surface area contributed by atoms with Gasteiger partial charge in [-0.25, -0.2) is 4.39 Å². The van der Waals surface area contributed by atoms with Crippen LogP contribution in [0.4, 0.5) is 10.1 Å². The van der Waals surface area contributed by atoms with Crippen molar-refractivity contribution >= 4 is 18.0 Å². The van der Waals surface area contributed by atoms with Crippen LogP contribution in [0.5, 0.6) is 0 Å². The standard InChI is InChI=1S/C13H16FN3O2/c1-15-12-3-2-10(14)8-11(12)13(19)17-6-4-16(9-18)5-7-17/h2-3,8-9,15H,4-7H2,1H3. The highest BCUT2D eigenvalue weighted by Crippen LogP contribution is 2.19. The zero-order chi connectivity index (χ0) is 13.8. The van der Waals surface area contributed by atoms with Crippen molar-refractivity contribution in [2.45, 2.75) is 0 Å². The molecule has 2 rings (SSSR count). The quantitative estimate of drug-likeness (QED) is 0.822. The van der Waals surface area contributed by atoms with Crippen molar-refractivity contribution in [3.63, 3.8) is 0 Å². The van der Waals surface area contributed by atoms with Gasteiger partial charge in [0.2, 0.25) is 6.41 Å². The van der Waals surface area contributed by atoms with E-state index in [9.17, 15) is 14.0 Å². The molecule has 0 aliphatic carbocycles. The van der Waals surface area contributed by atoms with E-state index in [1.807, 2.05) is 0 Å². The van der Waals surface area contributed by atoms with Gasteiger partial charge >= 0.3 is 0 Å². The van der Waals surface area contributed by atoms with Crippen LogP contribution in [0.15, 0.2) is 18.2 Å². The summed E-state index contributed by atoms with van der Waals surface area (Å²) in [5, 5.41) is 2.88. The Bertz CT molecular complexity index is 485. The van der Waals surface area contributed by atoms with Gasteiger partial charge in [0, 0.05) is 38.9 Å². The fourth-order valence-corrected chi connectivity index (χ4v) is 2.11. The molecule has 1 aliphatic heterocycles. The zero-order valence-corrected chi connectivity index (χ0v) is 10.7. The Morgan fingerprint density at radius 1 is 1.32 bits per heavy atom. The molecular formula is C13H16FN3O2. The first-order chi connectivity index (χ1) is 9.15. The lowest BCUT2D eigenvalue weighted by Crippen LogP contribution is -2.48. The third-order valence-electron chi connectivity index (χ3n) is 3.23. The molecule has 1 aliphatic rings. The molecule has 1 heterocycles. The van der Waals surface area contributed by atoms with Crippen molar-refractivity contribution in [1.82, 2.24) is 9.80 Å². The summed E-state index contributed by atoms with van der Waals surface area (Å²) >= 11 is 0. The summed E-state index contributed by atoms with van der Waals surface area (Å²) in [4.78, 5) is 26.2. The largest absolute Gasteiger partial charge is 0.387 e. The molecule has 2 amide bonds. The molecule has 0 aromatic heterocycles. The van der Waals surface area contributed by atoms with Crippen molar-refractivity contribution in [2.75, 3.05) is 38.5 Å². The number of carbonyl (C=O) groups excluding carboxylic acids is 2. The van der Waals surface area contributed by atoms with E-state index in [2.05, 4.69) is 5.32 Å². The molecule has 0 saturated carbocycles. The first-order valence-corrected chi connectivity index (χ1v) is 6.11. The molecule has 6 heteroatoms. The summed E-state index contributed by atoms with van der Waals surface area (Å²) < 4.78 is 13.3. The molecule has 19 heavy (non-hydrogen) atoms. The van der Waals surface area contributed by atoms with E-state index in [0.717, 1.165) is 6.41 Å². The van der Waals surface area contributed by atoms with Gasteiger partial charge in [0.15, 0.2) is 0 Å². The fraction of sp³-hybridized carbons (Fsp3) is 0.385. The number of anilines is 1. The number of amides is 2. The van der Waals surface area contributed by atoms with Gasteiger partial charge in [-0.3, -0.25) is 9.59 Å². The SMILES string of the molecule is CNc1ccc(F)cc1C(=O)N1CCN(C=O)CC1. The number of benzene rings is 1. The van der Waals surface area contributed by atoms with Crippen LogP contribution in [0, 0.1) is 5.82 Å². The van der Waals surface area contributed by atoms with Crippen molar-refractivity contribution in [3.8, 4) is 0 Å². The van der Waals surface area contributed by atoms with Gasteiger partial charge in [-0.05, 0) is 18.2 Å². The third kappa shape index (κ3) is 2.83. The van der Waals surface area contributed by atoms with E-state index in [4.69, 9.17) is 0 Å². The van der Waals surface area contributed by atoms with E-state index in [1.54, 1.807) is 22.9 Å². The number of nitrogens with zero attached hydrogens (tertiary/aromatic N) is 2. The van der Waals surface area contributed by atoms with Crippen molar-refractivity contribution in [2.24, 2.45) is 0 Å². The maximum Gasteiger partial charge on any atom is 0.256 e. The maximum absolute atomic E-state index is 13.3. The van der Waals surface area contributed by atoms with Crippen LogP contribution in [0.1, 0.15) is 10.4 Å². The highest BCUT2D eigenvalue weighted by Gasteiger charge is 2.23. The minimum Gasteiger partial charge on any atom is -0.387 e. The molecule has 1 N–H and O–H groups in total. The average molecular weight is 265 g/mol. The first kappa shape index (κ1) is 13.3. The van der Waals surface area contributed by atoms with Crippen LogP contribution in [-0.2, 0) is 4.79 Å². The molecule has 1 aromatic rings. The Hall–Kier alpha value is -2.11.